The molecule has 0 spiro atoms. The molecule has 7 nitrogen and oxygen atoms in total. The lowest BCUT2D eigenvalue weighted by atomic mass is 10.1. The number of hydrogen-bond donors (Lipinski definition) is 0. The minimum Gasteiger partial charge on any atom is -0.339 e. The molecular formula is C18H23N5O2. The lowest BCUT2D eigenvalue weighted by molar-refractivity contribution is -0.141. The summed E-state index contributed by atoms with van der Waals surface area (Å²) in [4.78, 5) is 32.6. The van der Waals surface area contributed by atoms with Crippen LogP contribution in [0.3, 0.4) is 0 Å². The molecule has 1 unspecified atom stereocenters. The van der Waals surface area contributed by atoms with E-state index in [2.05, 4.69) is 10.1 Å². The molecule has 7 heteroatoms. The second-order valence-electron chi connectivity index (χ2n) is 6.36. The van der Waals surface area contributed by atoms with Crippen LogP contribution in [-0.2, 0) is 16.0 Å². The first-order valence-electron chi connectivity index (χ1n) is 8.51. The van der Waals surface area contributed by atoms with E-state index in [1.807, 2.05) is 43.0 Å². The van der Waals surface area contributed by atoms with Crippen LogP contribution < -0.4 is 0 Å². The number of carbonyl (C=O) groups excluding carboxylic acids is 2. The number of hydrogen-bond acceptors (Lipinski definition) is 4. The van der Waals surface area contributed by atoms with Gasteiger partial charge in [0.1, 0.15) is 18.7 Å². The van der Waals surface area contributed by atoms with E-state index in [0.29, 0.717) is 32.6 Å². The van der Waals surface area contributed by atoms with Crippen molar-refractivity contribution in [2.45, 2.75) is 26.3 Å². The van der Waals surface area contributed by atoms with Gasteiger partial charge in [-0.2, -0.15) is 5.10 Å². The van der Waals surface area contributed by atoms with Gasteiger partial charge in [-0.05, 0) is 25.0 Å². The van der Waals surface area contributed by atoms with E-state index in [1.54, 1.807) is 15.9 Å². The lowest BCUT2D eigenvalue weighted by Crippen LogP contribution is -2.52. The van der Waals surface area contributed by atoms with Crippen LogP contribution >= 0.6 is 0 Å². The third kappa shape index (κ3) is 3.87. The summed E-state index contributed by atoms with van der Waals surface area (Å²) in [7, 11) is 0. The van der Waals surface area contributed by atoms with Gasteiger partial charge in [-0.1, -0.05) is 24.3 Å². The average molecular weight is 341 g/mol. The summed E-state index contributed by atoms with van der Waals surface area (Å²) in [5.74, 6) is 0.127. The first-order valence-corrected chi connectivity index (χ1v) is 8.51. The van der Waals surface area contributed by atoms with E-state index >= 15 is 0 Å². The molecule has 0 N–H and O–H groups in total. The predicted molar refractivity (Wildman–Crippen MR) is 92.8 cm³/mol. The molecule has 1 saturated heterocycles. The van der Waals surface area contributed by atoms with Crippen LogP contribution in [0.2, 0.25) is 0 Å². The maximum atomic E-state index is 12.5. The standard InChI is InChI=1S/C18H23N5O2/c1-14-5-3-4-6-16(14)11-17(24)21-7-9-22(10-8-21)18(25)15(2)23-13-19-12-20-23/h3-6,12-13,15H,7-11H2,1-2H3. The first kappa shape index (κ1) is 17.1. The molecule has 1 aromatic heterocycles. The maximum Gasteiger partial charge on any atom is 0.247 e. The van der Waals surface area contributed by atoms with Gasteiger partial charge in [0.2, 0.25) is 11.8 Å². The van der Waals surface area contributed by atoms with Crippen LogP contribution in [0.1, 0.15) is 24.1 Å². The van der Waals surface area contributed by atoms with Crippen LogP contribution in [0.4, 0.5) is 0 Å². The molecule has 25 heavy (non-hydrogen) atoms. The van der Waals surface area contributed by atoms with Crippen molar-refractivity contribution in [1.82, 2.24) is 24.6 Å². The van der Waals surface area contributed by atoms with Gasteiger partial charge in [0.15, 0.2) is 0 Å². The molecular weight excluding hydrogens is 318 g/mol. The average Bonchev–Trinajstić information content (AvgIpc) is 3.17. The summed E-state index contributed by atoms with van der Waals surface area (Å²) < 4.78 is 1.55. The fourth-order valence-electron chi connectivity index (χ4n) is 3.05. The molecule has 2 heterocycles. The Morgan fingerprint density at radius 1 is 1.12 bits per heavy atom. The highest BCUT2D eigenvalue weighted by Crippen LogP contribution is 2.13. The third-order valence-electron chi connectivity index (χ3n) is 4.74. The van der Waals surface area contributed by atoms with Gasteiger partial charge >= 0.3 is 0 Å². The zero-order valence-electron chi connectivity index (χ0n) is 14.6. The van der Waals surface area contributed by atoms with E-state index in [-0.39, 0.29) is 17.9 Å². The second-order valence-corrected chi connectivity index (χ2v) is 6.36. The van der Waals surface area contributed by atoms with Gasteiger partial charge in [0.05, 0.1) is 6.42 Å². The van der Waals surface area contributed by atoms with Crippen molar-refractivity contribution in [1.29, 1.82) is 0 Å². The van der Waals surface area contributed by atoms with Crippen molar-refractivity contribution in [2.24, 2.45) is 0 Å². The zero-order valence-corrected chi connectivity index (χ0v) is 14.6. The van der Waals surface area contributed by atoms with Crippen LogP contribution in [0.25, 0.3) is 0 Å². The Hall–Kier alpha value is -2.70. The normalized spacial score (nSPS) is 15.9. The third-order valence-corrected chi connectivity index (χ3v) is 4.74. The quantitative estimate of drug-likeness (QED) is 0.834. The number of benzene rings is 1. The fourth-order valence-corrected chi connectivity index (χ4v) is 3.05. The molecule has 0 radical (unpaired) electrons. The lowest BCUT2D eigenvalue weighted by Gasteiger charge is -2.36. The molecule has 0 bridgehead atoms. The van der Waals surface area contributed by atoms with Crippen molar-refractivity contribution in [3.8, 4) is 0 Å². The van der Waals surface area contributed by atoms with E-state index < -0.39 is 0 Å². The molecule has 0 saturated carbocycles. The number of piperazine rings is 1. The van der Waals surface area contributed by atoms with Crippen molar-refractivity contribution in [3.63, 3.8) is 0 Å². The zero-order chi connectivity index (χ0) is 17.8. The number of nitrogens with zero attached hydrogens (tertiary/aromatic N) is 5. The largest absolute Gasteiger partial charge is 0.339 e. The van der Waals surface area contributed by atoms with E-state index in [0.717, 1.165) is 11.1 Å². The highest BCUT2D eigenvalue weighted by Gasteiger charge is 2.28. The smallest absolute Gasteiger partial charge is 0.247 e. The van der Waals surface area contributed by atoms with Crippen molar-refractivity contribution < 1.29 is 9.59 Å². The molecule has 1 aliphatic rings. The summed E-state index contributed by atoms with van der Waals surface area (Å²) in [6.07, 6.45) is 3.38. The Balaban J connectivity index is 1.54. The van der Waals surface area contributed by atoms with Crippen LogP contribution in [0, 0.1) is 6.92 Å². The molecule has 1 atom stereocenters. The Morgan fingerprint density at radius 2 is 1.80 bits per heavy atom. The van der Waals surface area contributed by atoms with Crippen molar-refractivity contribution in [2.75, 3.05) is 26.2 Å². The minimum absolute atomic E-state index is 0.0107. The maximum absolute atomic E-state index is 12.5. The molecule has 1 aliphatic heterocycles. The number of carbonyl (C=O) groups is 2. The number of aryl methyl sites for hydroxylation is 1. The predicted octanol–water partition coefficient (Wildman–Crippen LogP) is 1.06. The number of rotatable bonds is 4. The highest BCUT2D eigenvalue weighted by atomic mass is 16.2. The molecule has 1 aromatic carbocycles. The first-order chi connectivity index (χ1) is 12.1. The number of aromatic nitrogens is 3. The topological polar surface area (TPSA) is 71.3 Å². The molecule has 1 fully saturated rings. The Morgan fingerprint density at radius 3 is 2.44 bits per heavy atom. The molecule has 0 aliphatic carbocycles. The summed E-state index contributed by atoms with van der Waals surface area (Å²) in [5.41, 5.74) is 2.19. The van der Waals surface area contributed by atoms with Gasteiger partial charge in [-0.15, -0.1) is 0 Å². The van der Waals surface area contributed by atoms with Crippen LogP contribution in [-0.4, -0.2) is 62.6 Å². The molecule has 132 valence electrons. The minimum atomic E-state index is -0.378. The van der Waals surface area contributed by atoms with Gasteiger partial charge in [0, 0.05) is 26.2 Å². The van der Waals surface area contributed by atoms with E-state index in [9.17, 15) is 9.59 Å². The summed E-state index contributed by atoms with van der Waals surface area (Å²) in [6.45, 7) is 6.08. The van der Waals surface area contributed by atoms with Gasteiger partial charge in [-0.3, -0.25) is 9.59 Å². The molecule has 2 amide bonds. The van der Waals surface area contributed by atoms with Crippen LogP contribution in [0.5, 0.6) is 0 Å². The van der Waals surface area contributed by atoms with Crippen LogP contribution in [0.15, 0.2) is 36.9 Å². The van der Waals surface area contributed by atoms with E-state index in [4.69, 9.17) is 0 Å². The summed E-state index contributed by atoms with van der Waals surface area (Å²) >= 11 is 0. The SMILES string of the molecule is Cc1ccccc1CC(=O)N1CCN(C(=O)C(C)n2cncn2)CC1. The second kappa shape index (κ2) is 7.46. The van der Waals surface area contributed by atoms with Crippen molar-refractivity contribution >= 4 is 11.8 Å². The Bertz CT molecular complexity index is 736. The monoisotopic (exact) mass is 341 g/mol. The van der Waals surface area contributed by atoms with Crippen molar-refractivity contribution in [3.05, 3.63) is 48.0 Å². The van der Waals surface area contributed by atoms with Gasteiger partial charge < -0.3 is 9.80 Å². The van der Waals surface area contributed by atoms with Gasteiger partial charge in [-0.25, -0.2) is 9.67 Å². The number of amides is 2. The van der Waals surface area contributed by atoms with E-state index in [1.165, 1.54) is 6.33 Å². The molecule has 3 rings (SSSR count). The Labute approximate surface area is 147 Å². The fraction of sp³-hybridized carbons (Fsp3) is 0.444. The summed E-state index contributed by atoms with van der Waals surface area (Å²) in [6, 6.07) is 7.57. The highest BCUT2D eigenvalue weighted by molar-refractivity contribution is 5.81. The summed E-state index contributed by atoms with van der Waals surface area (Å²) in [5, 5.41) is 4.02. The van der Waals surface area contributed by atoms with Gasteiger partial charge in [0.25, 0.3) is 0 Å². The molecule has 2 aromatic rings. The Kier molecular flexibility index (Phi) is 5.11.